The van der Waals surface area contributed by atoms with Crippen LogP contribution in [0.4, 0.5) is 0 Å². The predicted octanol–water partition coefficient (Wildman–Crippen LogP) is 3.20. The molecule has 1 saturated heterocycles. The number of amides is 1. The molecule has 5 heteroatoms. The SMILES string of the molecule is NC(=O)CCCN1CC[C@@H](Oc2ccc(Oc3ccccc3)cc2)C1. The normalized spacial score (nSPS) is 17.4. The Bertz CT molecular complexity index is 673. The molecule has 0 aliphatic carbocycles. The molecule has 132 valence electrons. The van der Waals surface area contributed by atoms with Gasteiger partial charge in [-0.1, -0.05) is 18.2 Å². The zero-order valence-electron chi connectivity index (χ0n) is 14.3. The third kappa shape index (κ3) is 5.50. The Morgan fingerprint density at radius 2 is 1.72 bits per heavy atom. The number of carbonyl (C=O) groups excluding carboxylic acids is 1. The van der Waals surface area contributed by atoms with E-state index in [2.05, 4.69) is 4.90 Å². The molecular formula is C20H24N2O3. The Kier molecular flexibility index (Phi) is 5.90. The van der Waals surface area contributed by atoms with E-state index in [-0.39, 0.29) is 12.0 Å². The molecule has 0 spiro atoms. The minimum Gasteiger partial charge on any atom is -0.489 e. The van der Waals surface area contributed by atoms with Gasteiger partial charge in [0.25, 0.3) is 0 Å². The first kappa shape index (κ1) is 17.3. The van der Waals surface area contributed by atoms with E-state index in [1.807, 2.05) is 54.6 Å². The minimum atomic E-state index is -0.232. The summed E-state index contributed by atoms with van der Waals surface area (Å²) in [5.41, 5.74) is 5.18. The highest BCUT2D eigenvalue weighted by Crippen LogP contribution is 2.25. The molecule has 0 aromatic heterocycles. The maximum atomic E-state index is 10.8. The van der Waals surface area contributed by atoms with Crippen LogP contribution >= 0.6 is 0 Å². The molecule has 0 saturated carbocycles. The third-order valence-electron chi connectivity index (χ3n) is 4.23. The third-order valence-corrected chi connectivity index (χ3v) is 4.23. The Labute approximate surface area is 148 Å². The number of hydrogen-bond acceptors (Lipinski definition) is 4. The summed E-state index contributed by atoms with van der Waals surface area (Å²) in [7, 11) is 0. The molecule has 2 aromatic carbocycles. The fraction of sp³-hybridized carbons (Fsp3) is 0.350. The van der Waals surface area contributed by atoms with E-state index >= 15 is 0 Å². The topological polar surface area (TPSA) is 64.8 Å². The molecule has 5 nitrogen and oxygen atoms in total. The van der Waals surface area contributed by atoms with Gasteiger partial charge in [0, 0.05) is 19.5 Å². The van der Waals surface area contributed by atoms with E-state index in [1.54, 1.807) is 0 Å². The quantitative estimate of drug-likeness (QED) is 0.801. The summed E-state index contributed by atoms with van der Waals surface area (Å²) < 4.78 is 11.8. The number of para-hydroxylation sites is 1. The first-order valence-corrected chi connectivity index (χ1v) is 8.69. The van der Waals surface area contributed by atoms with Crippen molar-refractivity contribution in [2.75, 3.05) is 19.6 Å². The van der Waals surface area contributed by atoms with E-state index in [9.17, 15) is 4.79 Å². The second kappa shape index (κ2) is 8.53. The first-order valence-electron chi connectivity index (χ1n) is 8.69. The highest BCUT2D eigenvalue weighted by molar-refractivity contribution is 5.73. The van der Waals surface area contributed by atoms with E-state index in [4.69, 9.17) is 15.2 Å². The molecule has 3 rings (SSSR count). The number of rotatable bonds is 8. The molecule has 2 aromatic rings. The summed E-state index contributed by atoms with van der Waals surface area (Å²) in [5.74, 6) is 2.23. The van der Waals surface area contributed by atoms with Gasteiger partial charge in [0.15, 0.2) is 0 Å². The lowest BCUT2D eigenvalue weighted by Gasteiger charge is -2.16. The summed E-state index contributed by atoms with van der Waals surface area (Å²) in [6.45, 7) is 2.78. The van der Waals surface area contributed by atoms with Crippen molar-refractivity contribution in [1.82, 2.24) is 4.90 Å². The van der Waals surface area contributed by atoms with Crippen LogP contribution in [0.25, 0.3) is 0 Å². The van der Waals surface area contributed by atoms with E-state index < -0.39 is 0 Å². The zero-order valence-corrected chi connectivity index (χ0v) is 14.3. The standard InChI is InChI=1S/C20H24N2O3/c21-20(23)7-4-13-22-14-12-19(15-22)25-18-10-8-17(9-11-18)24-16-5-2-1-3-6-16/h1-3,5-6,8-11,19H,4,7,12-15H2,(H2,21,23)/t19-/m1/s1. The molecule has 0 unspecified atom stereocenters. The Morgan fingerprint density at radius 1 is 1.04 bits per heavy atom. The summed E-state index contributed by atoms with van der Waals surface area (Å²) in [6, 6.07) is 17.4. The van der Waals surface area contributed by atoms with Crippen LogP contribution in [0, 0.1) is 0 Å². The summed E-state index contributed by atoms with van der Waals surface area (Å²) >= 11 is 0. The Balaban J connectivity index is 1.45. The van der Waals surface area contributed by atoms with E-state index in [0.717, 1.165) is 49.7 Å². The van der Waals surface area contributed by atoms with Crippen LogP contribution < -0.4 is 15.2 Å². The molecule has 0 radical (unpaired) electrons. The fourth-order valence-electron chi connectivity index (χ4n) is 2.98. The highest BCUT2D eigenvalue weighted by Gasteiger charge is 2.23. The van der Waals surface area contributed by atoms with Gasteiger partial charge < -0.3 is 15.2 Å². The summed E-state index contributed by atoms with van der Waals surface area (Å²) in [5, 5.41) is 0. The number of carbonyl (C=O) groups is 1. The van der Waals surface area contributed by atoms with Gasteiger partial charge in [0.1, 0.15) is 23.4 Å². The highest BCUT2D eigenvalue weighted by atomic mass is 16.5. The number of hydrogen-bond donors (Lipinski definition) is 1. The monoisotopic (exact) mass is 340 g/mol. The van der Waals surface area contributed by atoms with Crippen LogP contribution in [0.15, 0.2) is 54.6 Å². The Morgan fingerprint density at radius 3 is 2.44 bits per heavy atom. The number of nitrogens with zero attached hydrogens (tertiary/aromatic N) is 1. The van der Waals surface area contributed by atoms with Crippen molar-refractivity contribution in [2.24, 2.45) is 5.73 Å². The van der Waals surface area contributed by atoms with Crippen LogP contribution in [0.1, 0.15) is 19.3 Å². The lowest BCUT2D eigenvalue weighted by atomic mass is 10.3. The van der Waals surface area contributed by atoms with Crippen LogP contribution in [0.2, 0.25) is 0 Å². The van der Waals surface area contributed by atoms with Gasteiger partial charge in [-0.25, -0.2) is 0 Å². The van der Waals surface area contributed by atoms with Crippen molar-refractivity contribution >= 4 is 5.91 Å². The van der Waals surface area contributed by atoms with Crippen molar-refractivity contribution in [3.8, 4) is 17.2 Å². The number of benzene rings is 2. The van der Waals surface area contributed by atoms with Gasteiger partial charge in [-0.2, -0.15) is 0 Å². The largest absolute Gasteiger partial charge is 0.489 e. The van der Waals surface area contributed by atoms with E-state index in [1.165, 1.54) is 0 Å². The van der Waals surface area contributed by atoms with Crippen LogP contribution in [-0.2, 0) is 4.79 Å². The maximum absolute atomic E-state index is 10.8. The smallest absolute Gasteiger partial charge is 0.217 e. The molecule has 1 aliphatic rings. The molecule has 1 aliphatic heterocycles. The second-order valence-corrected chi connectivity index (χ2v) is 6.29. The van der Waals surface area contributed by atoms with Gasteiger partial charge in [-0.3, -0.25) is 9.69 Å². The van der Waals surface area contributed by atoms with Crippen molar-refractivity contribution in [2.45, 2.75) is 25.4 Å². The number of likely N-dealkylation sites (tertiary alicyclic amines) is 1. The first-order chi connectivity index (χ1) is 12.2. The molecule has 2 N–H and O–H groups in total. The average Bonchev–Trinajstić information content (AvgIpc) is 3.05. The zero-order chi connectivity index (χ0) is 17.5. The maximum Gasteiger partial charge on any atom is 0.217 e. The molecule has 1 fully saturated rings. The lowest BCUT2D eigenvalue weighted by Crippen LogP contribution is -2.26. The average molecular weight is 340 g/mol. The van der Waals surface area contributed by atoms with Gasteiger partial charge in [-0.05, 0) is 55.8 Å². The Hall–Kier alpha value is -2.53. The molecule has 25 heavy (non-hydrogen) atoms. The second-order valence-electron chi connectivity index (χ2n) is 6.29. The van der Waals surface area contributed by atoms with Crippen molar-refractivity contribution < 1.29 is 14.3 Å². The van der Waals surface area contributed by atoms with E-state index in [0.29, 0.717) is 6.42 Å². The number of ether oxygens (including phenoxy) is 2. The number of nitrogens with two attached hydrogens (primary N) is 1. The van der Waals surface area contributed by atoms with Crippen LogP contribution in [0.5, 0.6) is 17.2 Å². The van der Waals surface area contributed by atoms with Gasteiger partial charge in [-0.15, -0.1) is 0 Å². The molecule has 1 amide bonds. The molecule has 1 heterocycles. The lowest BCUT2D eigenvalue weighted by molar-refractivity contribution is -0.118. The van der Waals surface area contributed by atoms with Crippen molar-refractivity contribution in [1.29, 1.82) is 0 Å². The summed E-state index contributed by atoms with van der Waals surface area (Å²) in [6.07, 6.45) is 2.45. The minimum absolute atomic E-state index is 0.189. The van der Waals surface area contributed by atoms with Gasteiger partial charge in [0.05, 0.1) is 0 Å². The molecule has 1 atom stereocenters. The predicted molar refractivity (Wildman–Crippen MR) is 96.9 cm³/mol. The fourth-order valence-corrected chi connectivity index (χ4v) is 2.98. The van der Waals surface area contributed by atoms with Crippen molar-refractivity contribution in [3.63, 3.8) is 0 Å². The van der Waals surface area contributed by atoms with Crippen LogP contribution in [-0.4, -0.2) is 36.5 Å². The van der Waals surface area contributed by atoms with Gasteiger partial charge in [0.2, 0.25) is 5.91 Å². The summed E-state index contributed by atoms with van der Waals surface area (Å²) in [4.78, 5) is 13.1. The molecular weight excluding hydrogens is 316 g/mol. The molecule has 0 bridgehead atoms. The van der Waals surface area contributed by atoms with Crippen molar-refractivity contribution in [3.05, 3.63) is 54.6 Å². The van der Waals surface area contributed by atoms with Gasteiger partial charge >= 0.3 is 0 Å². The number of primary amides is 1. The van der Waals surface area contributed by atoms with Crippen LogP contribution in [0.3, 0.4) is 0 Å².